The van der Waals surface area contributed by atoms with Crippen LogP contribution < -0.4 is 4.74 Å². The van der Waals surface area contributed by atoms with Crippen molar-refractivity contribution in [2.24, 2.45) is 0 Å². The number of fused-ring (bicyclic) bond motifs is 1. The predicted octanol–water partition coefficient (Wildman–Crippen LogP) is 4.63. The van der Waals surface area contributed by atoms with Gasteiger partial charge in [-0.15, -0.1) is 0 Å². The summed E-state index contributed by atoms with van der Waals surface area (Å²) in [7, 11) is 2.19. The number of nitrogens with one attached hydrogen (secondary N) is 1. The number of hydrogen-bond acceptors (Lipinski definition) is 2. The summed E-state index contributed by atoms with van der Waals surface area (Å²) in [6, 6.07) is 16.5. The average Bonchev–Trinajstić information content (AvgIpc) is 3.03. The highest BCUT2D eigenvalue weighted by atomic mass is 16.5. The Morgan fingerprint density at radius 1 is 1.00 bits per heavy atom. The van der Waals surface area contributed by atoms with Crippen molar-refractivity contribution in [3.05, 3.63) is 65.9 Å². The van der Waals surface area contributed by atoms with Crippen LogP contribution in [0.4, 0.5) is 0 Å². The Kier molecular flexibility index (Phi) is 5.55. The van der Waals surface area contributed by atoms with Crippen LogP contribution in [0.5, 0.6) is 5.75 Å². The molecule has 24 heavy (non-hydrogen) atoms. The molecule has 0 fully saturated rings. The van der Waals surface area contributed by atoms with Crippen LogP contribution in [0, 0.1) is 0 Å². The number of likely N-dealkylation sites (N-methyl/N-ethyl adjacent to an activating group) is 1. The van der Waals surface area contributed by atoms with Crippen LogP contribution in [-0.4, -0.2) is 30.0 Å². The van der Waals surface area contributed by atoms with E-state index in [0.29, 0.717) is 6.61 Å². The molecule has 1 N–H and O–H groups in total. The highest BCUT2D eigenvalue weighted by molar-refractivity contribution is 5.89. The van der Waals surface area contributed by atoms with E-state index in [1.54, 1.807) is 0 Å². The zero-order valence-electron chi connectivity index (χ0n) is 14.6. The molecule has 0 aliphatic heterocycles. The Labute approximate surface area is 144 Å². The van der Waals surface area contributed by atoms with Gasteiger partial charge in [0.25, 0.3) is 0 Å². The van der Waals surface area contributed by atoms with Crippen LogP contribution in [0.3, 0.4) is 0 Å². The summed E-state index contributed by atoms with van der Waals surface area (Å²) in [5.41, 5.74) is 3.67. The minimum absolute atomic E-state index is 0.598. The smallest absolute Gasteiger partial charge is 0.129 e. The van der Waals surface area contributed by atoms with Gasteiger partial charge in [-0.25, -0.2) is 0 Å². The molecule has 3 aromatic rings. The van der Waals surface area contributed by atoms with Gasteiger partial charge in [0.2, 0.25) is 0 Å². The predicted molar refractivity (Wildman–Crippen MR) is 101 cm³/mol. The lowest BCUT2D eigenvalue weighted by Crippen LogP contribution is -2.21. The van der Waals surface area contributed by atoms with Crippen molar-refractivity contribution in [2.45, 2.75) is 26.4 Å². The first kappa shape index (κ1) is 16.6. The van der Waals surface area contributed by atoms with Crippen LogP contribution in [0.2, 0.25) is 0 Å². The van der Waals surface area contributed by atoms with Crippen LogP contribution in [0.25, 0.3) is 10.9 Å². The van der Waals surface area contributed by atoms with Crippen LogP contribution in [-0.2, 0) is 13.0 Å². The summed E-state index contributed by atoms with van der Waals surface area (Å²) in [5, 5.41) is 1.22. The van der Waals surface area contributed by atoms with Crippen molar-refractivity contribution in [1.29, 1.82) is 0 Å². The molecule has 0 saturated carbocycles. The van der Waals surface area contributed by atoms with Crippen molar-refractivity contribution >= 4 is 10.9 Å². The van der Waals surface area contributed by atoms with Gasteiger partial charge < -0.3 is 14.6 Å². The number of nitrogens with zero attached hydrogens (tertiary/aromatic N) is 1. The van der Waals surface area contributed by atoms with Crippen LogP contribution >= 0.6 is 0 Å². The molecule has 0 amide bonds. The SMILES string of the molecule is CCCN(C)CCc1c[nH]c2cccc(OCc3ccccc3)c12. The van der Waals surface area contributed by atoms with Crippen molar-refractivity contribution in [3.63, 3.8) is 0 Å². The van der Waals surface area contributed by atoms with Crippen molar-refractivity contribution in [2.75, 3.05) is 20.1 Å². The van der Waals surface area contributed by atoms with Crippen LogP contribution in [0.15, 0.2) is 54.7 Å². The normalized spacial score (nSPS) is 11.3. The fourth-order valence-corrected chi connectivity index (χ4v) is 3.08. The summed E-state index contributed by atoms with van der Waals surface area (Å²) < 4.78 is 6.13. The first-order valence-electron chi connectivity index (χ1n) is 8.72. The van der Waals surface area contributed by atoms with Crippen molar-refractivity contribution in [3.8, 4) is 5.75 Å². The summed E-state index contributed by atoms with van der Waals surface area (Å²) >= 11 is 0. The maximum Gasteiger partial charge on any atom is 0.129 e. The molecule has 1 aromatic heterocycles. The minimum Gasteiger partial charge on any atom is -0.488 e. The van der Waals surface area contributed by atoms with E-state index in [1.807, 2.05) is 24.3 Å². The third-order valence-corrected chi connectivity index (χ3v) is 4.35. The third kappa shape index (κ3) is 3.98. The molecule has 0 bridgehead atoms. The summed E-state index contributed by atoms with van der Waals surface area (Å²) in [6.45, 7) is 5.02. The maximum atomic E-state index is 6.13. The zero-order chi connectivity index (χ0) is 16.8. The molecule has 1 heterocycles. The Hall–Kier alpha value is -2.26. The van der Waals surface area contributed by atoms with Gasteiger partial charge >= 0.3 is 0 Å². The molecule has 2 aromatic carbocycles. The number of aromatic amines is 1. The lowest BCUT2D eigenvalue weighted by atomic mass is 10.1. The highest BCUT2D eigenvalue weighted by Gasteiger charge is 2.10. The van der Waals surface area contributed by atoms with Gasteiger partial charge in [0.05, 0.1) is 0 Å². The Bertz CT molecular complexity index is 764. The number of H-pyrrole nitrogens is 1. The number of rotatable bonds is 8. The molecule has 3 nitrogen and oxygen atoms in total. The second-order valence-electron chi connectivity index (χ2n) is 6.32. The van der Waals surface area contributed by atoms with Gasteiger partial charge in [0.1, 0.15) is 12.4 Å². The molecule has 0 aliphatic carbocycles. The van der Waals surface area contributed by atoms with Crippen molar-refractivity contribution in [1.82, 2.24) is 9.88 Å². The maximum absolute atomic E-state index is 6.13. The molecule has 3 heteroatoms. The van der Waals surface area contributed by atoms with E-state index in [0.717, 1.165) is 30.8 Å². The summed E-state index contributed by atoms with van der Waals surface area (Å²) in [6.07, 6.45) is 4.35. The first-order chi connectivity index (χ1) is 11.8. The number of aromatic nitrogens is 1. The lowest BCUT2D eigenvalue weighted by Gasteiger charge is -2.15. The monoisotopic (exact) mass is 322 g/mol. The van der Waals surface area contributed by atoms with Gasteiger partial charge in [0, 0.05) is 23.6 Å². The molecule has 0 radical (unpaired) electrons. The van der Waals surface area contributed by atoms with Crippen molar-refractivity contribution < 1.29 is 4.74 Å². The van der Waals surface area contributed by atoms with Crippen LogP contribution in [0.1, 0.15) is 24.5 Å². The second kappa shape index (κ2) is 8.02. The number of ether oxygens (including phenoxy) is 1. The fourth-order valence-electron chi connectivity index (χ4n) is 3.08. The van der Waals surface area contributed by atoms with Gasteiger partial charge in [-0.3, -0.25) is 0 Å². The Morgan fingerprint density at radius 2 is 1.83 bits per heavy atom. The fraction of sp³-hybridized carbons (Fsp3) is 0.333. The number of benzene rings is 2. The summed E-state index contributed by atoms with van der Waals surface area (Å²) in [4.78, 5) is 5.77. The topological polar surface area (TPSA) is 28.3 Å². The molecule has 3 rings (SSSR count). The van der Waals surface area contributed by atoms with Gasteiger partial charge in [-0.1, -0.05) is 43.3 Å². The molecule has 0 saturated heterocycles. The largest absolute Gasteiger partial charge is 0.488 e. The standard InChI is InChI=1S/C21H26N2O/c1-3-13-23(2)14-12-18-15-22-19-10-7-11-20(21(18)19)24-16-17-8-5-4-6-9-17/h4-11,15,22H,3,12-14,16H2,1-2H3. The van der Waals surface area contributed by atoms with Gasteiger partial charge in [0.15, 0.2) is 0 Å². The minimum atomic E-state index is 0.598. The summed E-state index contributed by atoms with van der Waals surface area (Å²) in [5.74, 6) is 0.964. The van der Waals surface area contributed by atoms with E-state index in [1.165, 1.54) is 22.9 Å². The van der Waals surface area contributed by atoms with E-state index in [9.17, 15) is 0 Å². The van der Waals surface area contributed by atoms with E-state index in [4.69, 9.17) is 4.74 Å². The molecule has 0 unspecified atom stereocenters. The quantitative estimate of drug-likeness (QED) is 0.655. The molecular weight excluding hydrogens is 296 g/mol. The third-order valence-electron chi connectivity index (χ3n) is 4.35. The van der Waals surface area contributed by atoms with Gasteiger partial charge in [-0.2, -0.15) is 0 Å². The van der Waals surface area contributed by atoms with Gasteiger partial charge in [-0.05, 0) is 49.7 Å². The molecule has 0 spiro atoms. The van der Waals surface area contributed by atoms with E-state index >= 15 is 0 Å². The van der Waals surface area contributed by atoms with E-state index in [-0.39, 0.29) is 0 Å². The van der Waals surface area contributed by atoms with E-state index < -0.39 is 0 Å². The molecular formula is C21H26N2O. The first-order valence-corrected chi connectivity index (χ1v) is 8.72. The lowest BCUT2D eigenvalue weighted by molar-refractivity contribution is 0.309. The number of hydrogen-bond donors (Lipinski definition) is 1. The second-order valence-corrected chi connectivity index (χ2v) is 6.32. The molecule has 0 aliphatic rings. The Morgan fingerprint density at radius 3 is 2.62 bits per heavy atom. The molecule has 126 valence electrons. The zero-order valence-corrected chi connectivity index (χ0v) is 14.6. The average molecular weight is 322 g/mol. The highest BCUT2D eigenvalue weighted by Crippen LogP contribution is 2.29. The van der Waals surface area contributed by atoms with E-state index in [2.05, 4.69) is 54.3 Å². The molecule has 0 atom stereocenters. The Balaban J connectivity index is 1.76.